The van der Waals surface area contributed by atoms with E-state index in [1.165, 1.54) is 6.33 Å². The Kier molecular flexibility index (Phi) is 3.58. The van der Waals surface area contributed by atoms with E-state index in [9.17, 15) is 4.39 Å². The maximum Gasteiger partial charge on any atom is 0.137 e. The normalized spacial score (nSPS) is 11.4. The van der Waals surface area contributed by atoms with Crippen molar-refractivity contribution in [3.63, 3.8) is 0 Å². The summed E-state index contributed by atoms with van der Waals surface area (Å²) in [6.45, 7) is 2.04. The molecule has 0 aliphatic rings. The summed E-state index contributed by atoms with van der Waals surface area (Å²) in [4.78, 5) is 4.32. The Labute approximate surface area is 143 Å². The number of rotatable bonds is 3. The van der Waals surface area contributed by atoms with Gasteiger partial charge >= 0.3 is 0 Å². The van der Waals surface area contributed by atoms with Crippen molar-refractivity contribution in [3.05, 3.63) is 60.1 Å². The second kappa shape index (κ2) is 5.78. The Bertz CT molecular complexity index is 1080. The van der Waals surface area contributed by atoms with Gasteiger partial charge in [-0.3, -0.25) is 4.68 Å². The van der Waals surface area contributed by atoms with Crippen molar-refractivity contribution in [2.75, 3.05) is 0 Å². The Morgan fingerprint density at radius 1 is 1.16 bits per heavy atom. The van der Waals surface area contributed by atoms with Crippen LogP contribution >= 0.6 is 0 Å². The highest BCUT2D eigenvalue weighted by atomic mass is 19.1. The van der Waals surface area contributed by atoms with Gasteiger partial charge in [0.05, 0.1) is 11.7 Å². The quantitative estimate of drug-likeness (QED) is 0.624. The fraction of sp³-hybridized carbons (Fsp3) is 0.167. The Balaban J connectivity index is 1.91. The molecule has 0 amide bonds. The molecule has 0 saturated carbocycles. The minimum absolute atomic E-state index is 0.298. The standard InChI is InChI=1S/C18H17FN6/c1-11-12(6-20)3-4-15(17(11)19)18-16-5-13(9-25(16)23-10-21-18)14-7-22-24(2)8-14/h3-5,7-10H,6,20H2,1-2H3. The van der Waals surface area contributed by atoms with Crippen LogP contribution in [0.1, 0.15) is 11.1 Å². The molecule has 2 N–H and O–H groups in total. The van der Waals surface area contributed by atoms with Gasteiger partial charge in [0.15, 0.2) is 0 Å². The summed E-state index contributed by atoms with van der Waals surface area (Å²) in [6.07, 6.45) is 7.02. The van der Waals surface area contributed by atoms with E-state index >= 15 is 0 Å². The lowest BCUT2D eigenvalue weighted by Crippen LogP contribution is -2.03. The molecule has 0 atom stereocenters. The smallest absolute Gasteiger partial charge is 0.137 e. The topological polar surface area (TPSA) is 74.0 Å². The van der Waals surface area contributed by atoms with Crippen LogP contribution in [0.25, 0.3) is 27.9 Å². The molecule has 0 radical (unpaired) electrons. The Hall–Kier alpha value is -3.06. The summed E-state index contributed by atoms with van der Waals surface area (Å²) in [5.41, 5.74) is 10.7. The van der Waals surface area contributed by atoms with Crippen molar-refractivity contribution in [3.8, 4) is 22.4 Å². The van der Waals surface area contributed by atoms with E-state index in [0.717, 1.165) is 22.2 Å². The van der Waals surface area contributed by atoms with Crippen LogP contribution < -0.4 is 5.73 Å². The van der Waals surface area contributed by atoms with Gasteiger partial charge in [-0.25, -0.2) is 13.9 Å². The van der Waals surface area contributed by atoms with Crippen LogP contribution in [0.5, 0.6) is 0 Å². The molecule has 126 valence electrons. The number of aromatic nitrogens is 5. The van der Waals surface area contributed by atoms with Crippen molar-refractivity contribution >= 4 is 5.52 Å². The van der Waals surface area contributed by atoms with E-state index in [1.54, 1.807) is 28.4 Å². The number of aryl methyl sites for hydroxylation is 1. The lowest BCUT2D eigenvalue weighted by molar-refractivity contribution is 0.618. The molecule has 0 bridgehead atoms. The third kappa shape index (κ3) is 2.49. The van der Waals surface area contributed by atoms with Crippen LogP contribution in [0, 0.1) is 12.7 Å². The van der Waals surface area contributed by atoms with E-state index < -0.39 is 0 Å². The molecule has 6 nitrogen and oxygen atoms in total. The SMILES string of the molecule is Cc1c(CN)ccc(-c2ncnn3cc(-c4cnn(C)c4)cc23)c1F. The number of hydrogen-bond donors (Lipinski definition) is 1. The first-order valence-corrected chi connectivity index (χ1v) is 7.89. The molecule has 0 aliphatic heterocycles. The van der Waals surface area contributed by atoms with Crippen LogP contribution in [-0.4, -0.2) is 24.4 Å². The molecule has 0 saturated heterocycles. The van der Waals surface area contributed by atoms with Crippen molar-refractivity contribution in [1.29, 1.82) is 0 Å². The van der Waals surface area contributed by atoms with E-state index in [0.29, 0.717) is 23.4 Å². The molecular weight excluding hydrogens is 319 g/mol. The van der Waals surface area contributed by atoms with E-state index in [-0.39, 0.29) is 5.82 Å². The molecule has 0 fully saturated rings. The minimum Gasteiger partial charge on any atom is -0.326 e. The summed E-state index contributed by atoms with van der Waals surface area (Å²) in [5, 5.41) is 8.43. The van der Waals surface area contributed by atoms with Crippen LogP contribution in [-0.2, 0) is 13.6 Å². The van der Waals surface area contributed by atoms with Gasteiger partial charge in [-0.2, -0.15) is 10.2 Å². The fourth-order valence-electron chi connectivity index (χ4n) is 2.99. The lowest BCUT2D eigenvalue weighted by Gasteiger charge is -2.10. The van der Waals surface area contributed by atoms with Crippen molar-refractivity contribution in [1.82, 2.24) is 24.4 Å². The monoisotopic (exact) mass is 336 g/mol. The maximum atomic E-state index is 14.9. The van der Waals surface area contributed by atoms with Crippen LogP contribution in [0.3, 0.4) is 0 Å². The number of fused-ring (bicyclic) bond motifs is 1. The highest BCUT2D eigenvalue weighted by molar-refractivity contribution is 5.82. The molecule has 1 aromatic carbocycles. The van der Waals surface area contributed by atoms with Gasteiger partial charge < -0.3 is 5.73 Å². The van der Waals surface area contributed by atoms with Gasteiger partial charge in [0.1, 0.15) is 17.8 Å². The van der Waals surface area contributed by atoms with Crippen LogP contribution in [0.15, 0.2) is 43.1 Å². The molecule has 0 aliphatic carbocycles. The molecule has 3 aromatic heterocycles. The molecule has 25 heavy (non-hydrogen) atoms. The van der Waals surface area contributed by atoms with Gasteiger partial charge in [0.25, 0.3) is 0 Å². The van der Waals surface area contributed by atoms with Gasteiger partial charge in [0.2, 0.25) is 0 Å². The average Bonchev–Trinajstić information content (AvgIpc) is 3.23. The molecular formula is C18H17FN6. The Morgan fingerprint density at radius 3 is 2.72 bits per heavy atom. The van der Waals surface area contributed by atoms with E-state index in [1.807, 2.05) is 31.6 Å². The van der Waals surface area contributed by atoms with Gasteiger partial charge in [0, 0.05) is 42.7 Å². The van der Waals surface area contributed by atoms with Crippen molar-refractivity contribution in [2.24, 2.45) is 12.8 Å². The van der Waals surface area contributed by atoms with Crippen LogP contribution in [0.4, 0.5) is 4.39 Å². The molecule has 4 aromatic rings. The molecule has 4 rings (SSSR count). The highest BCUT2D eigenvalue weighted by Crippen LogP contribution is 2.31. The minimum atomic E-state index is -0.298. The predicted molar refractivity (Wildman–Crippen MR) is 93.2 cm³/mol. The Morgan fingerprint density at radius 2 is 2.00 bits per heavy atom. The van der Waals surface area contributed by atoms with Gasteiger partial charge in [-0.1, -0.05) is 6.07 Å². The molecule has 0 spiro atoms. The largest absolute Gasteiger partial charge is 0.326 e. The first-order chi connectivity index (χ1) is 12.1. The van der Waals surface area contributed by atoms with E-state index in [4.69, 9.17) is 5.73 Å². The summed E-state index contributed by atoms with van der Waals surface area (Å²) in [7, 11) is 1.86. The number of nitrogens with zero attached hydrogens (tertiary/aromatic N) is 5. The van der Waals surface area contributed by atoms with E-state index in [2.05, 4.69) is 15.2 Å². The lowest BCUT2D eigenvalue weighted by atomic mass is 10.0. The molecule has 0 unspecified atom stereocenters. The highest BCUT2D eigenvalue weighted by Gasteiger charge is 2.16. The third-order valence-corrected chi connectivity index (χ3v) is 4.42. The van der Waals surface area contributed by atoms with Crippen LogP contribution in [0.2, 0.25) is 0 Å². The van der Waals surface area contributed by atoms with Crippen molar-refractivity contribution in [2.45, 2.75) is 13.5 Å². The summed E-state index contributed by atoms with van der Waals surface area (Å²) in [5.74, 6) is -0.298. The summed E-state index contributed by atoms with van der Waals surface area (Å²) < 4.78 is 18.3. The number of benzene rings is 1. The summed E-state index contributed by atoms with van der Waals surface area (Å²) >= 11 is 0. The molecule has 3 heterocycles. The summed E-state index contributed by atoms with van der Waals surface area (Å²) in [6, 6.07) is 5.51. The maximum absolute atomic E-state index is 14.9. The third-order valence-electron chi connectivity index (χ3n) is 4.42. The fourth-order valence-corrected chi connectivity index (χ4v) is 2.99. The zero-order valence-corrected chi connectivity index (χ0v) is 13.9. The number of halogens is 1. The molecule has 7 heteroatoms. The van der Waals surface area contributed by atoms with Gasteiger partial charge in [-0.05, 0) is 30.2 Å². The number of hydrogen-bond acceptors (Lipinski definition) is 4. The first-order valence-electron chi connectivity index (χ1n) is 7.89. The average molecular weight is 336 g/mol. The predicted octanol–water partition coefficient (Wildman–Crippen LogP) is 2.70. The van der Waals surface area contributed by atoms with Crippen molar-refractivity contribution < 1.29 is 4.39 Å². The zero-order valence-electron chi connectivity index (χ0n) is 13.9. The second-order valence-corrected chi connectivity index (χ2v) is 5.99. The number of nitrogens with two attached hydrogens (primary N) is 1. The van der Waals surface area contributed by atoms with Gasteiger partial charge in [-0.15, -0.1) is 0 Å². The first kappa shape index (κ1) is 15.5. The zero-order chi connectivity index (χ0) is 17.6. The second-order valence-electron chi connectivity index (χ2n) is 5.99.